The molecule has 1 fully saturated rings. The molecule has 0 radical (unpaired) electrons. The van der Waals surface area contributed by atoms with Crippen LogP contribution in [-0.2, 0) is 4.74 Å². The van der Waals surface area contributed by atoms with E-state index in [0.29, 0.717) is 6.04 Å². The van der Waals surface area contributed by atoms with Crippen molar-refractivity contribution in [1.82, 2.24) is 4.90 Å². The first-order chi connectivity index (χ1) is 7.79. The molecule has 1 unspecified atom stereocenters. The zero-order chi connectivity index (χ0) is 11.8. The SMILES string of the molecule is CCCCCN(C)C(CN)C1CCOCC1. The second-order valence-corrected chi connectivity index (χ2v) is 4.94. The summed E-state index contributed by atoms with van der Waals surface area (Å²) in [5.74, 6) is 0.741. The first kappa shape index (κ1) is 13.9. The Morgan fingerprint density at radius 2 is 2.00 bits per heavy atom. The van der Waals surface area contributed by atoms with Crippen LogP contribution in [0.4, 0.5) is 0 Å². The van der Waals surface area contributed by atoms with E-state index in [1.165, 1.54) is 38.6 Å². The normalized spacial score (nSPS) is 20.2. The molecule has 2 N–H and O–H groups in total. The molecule has 0 aromatic rings. The van der Waals surface area contributed by atoms with Gasteiger partial charge in [0.25, 0.3) is 0 Å². The summed E-state index contributed by atoms with van der Waals surface area (Å²) in [5.41, 5.74) is 5.93. The summed E-state index contributed by atoms with van der Waals surface area (Å²) in [5, 5.41) is 0. The summed E-state index contributed by atoms with van der Waals surface area (Å²) < 4.78 is 5.41. The maximum atomic E-state index is 5.93. The maximum absolute atomic E-state index is 5.93. The minimum absolute atomic E-state index is 0.556. The van der Waals surface area contributed by atoms with Crippen LogP contribution < -0.4 is 5.73 Å². The largest absolute Gasteiger partial charge is 0.381 e. The molecule has 0 amide bonds. The van der Waals surface area contributed by atoms with Crippen LogP contribution in [0.15, 0.2) is 0 Å². The van der Waals surface area contributed by atoms with Crippen LogP contribution in [0.3, 0.4) is 0 Å². The quantitative estimate of drug-likeness (QED) is 0.676. The second-order valence-electron chi connectivity index (χ2n) is 4.94. The van der Waals surface area contributed by atoms with Gasteiger partial charge in [-0.1, -0.05) is 19.8 Å². The third kappa shape index (κ3) is 4.40. The summed E-state index contributed by atoms with van der Waals surface area (Å²) in [4.78, 5) is 2.46. The van der Waals surface area contributed by atoms with Gasteiger partial charge >= 0.3 is 0 Å². The van der Waals surface area contributed by atoms with Crippen molar-refractivity contribution in [3.63, 3.8) is 0 Å². The van der Waals surface area contributed by atoms with E-state index in [1.54, 1.807) is 0 Å². The molecule has 1 heterocycles. The molecule has 1 rings (SSSR count). The zero-order valence-corrected chi connectivity index (χ0v) is 11.0. The molecule has 0 saturated carbocycles. The summed E-state index contributed by atoms with van der Waals surface area (Å²) in [7, 11) is 2.22. The molecule has 3 heteroatoms. The van der Waals surface area contributed by atoms with Gasteiger partial charge in [0.1, 0.15) is 0 Å². The molecular formula is C13H28N2O. The van der Waals surface area contributed by atoms with Crippen LogP contribution in [0.2, 0.25) is 0 Å². The fourth-order valence-corrected chi connectivity index (χ4v) is 2.61. The van der Waals surface area contributed by atoms with Gasteiger partial charge in [-0.05, 0) is 38.8 Å². The standard InChI is InChI=1S/C13H28N2O/c1-3-4-5-8-15(2)13(11-14)12-6-9-16-10-7-12/h12-13H,3-11,14H2,1-2H3. The Hall–Kier alpha value is -0.120. The van der Waals surface area contributed by atoms with Gasteiger partial charge in [0.2, 0.25) is 0 Å². The predicted octanol–water partition coefficient (Wildman–Crippen LogP) is 1.86. The Morgan fingerprint density at radius 1 is 1.31 bits per heavy atom. The van der Waals surface area contributed by atoms with Crippen molar-refractivity contribution in [2.24, 2.45) is 11.7 Å². The van der Waals surface area contributed by atoms with Crippen LogP contribution in [0.1, 0.15) is 39.0 Å². The molecular weight excluding hydrogens is 200 g/mol. The Bertz CT molecular complexity index is 169. The Morgan fingerprint density at radius 3 is 2.56 bits per heavy atom. The van der Waals surface area contributed by atoms with Crippen molar-refractivity contribution >= 4 is 0 Å². The lowest BCUT2D eigenvalue weighted by molar-refractivity contribution is 0.0334. The molecule has 0 aliphatic carbocycles. The van der Waals surface area contributed by atoms with Gasteiger partial charge in [-0.3, -0.25) is 0 Å². The average molecular weight is 228 g/mol. The highest BCUT2D eigenvalue weighted by Crippen LogP contribution is 2.21. The molecule has 0 aromatic carbocycles. The molecule has 96 valence electrons. The highest BCUT2D eigenvalue weighted by atomic mass is 16.5. The van der Waals surface area contributed by atoms with E-state index in [9.17, 15) is 0 Å². The Balaban J connectivity index is 2.32. The lowest BCUT2D eigenvalue weighted by atomic mass is 9.90. The van der Waals surface area contributed by atoms with Crippen LogP contribution in [0.5, 0.6) is 0 Å². The van der Waals surface area contributed by atoms with E-state index in [1.807, 2.05) is 0 Å². The van der Waals surface area contributed by atoms with Gasteiger partial charge in [-0.15, -0.1) is 0 Å². The van der Waals surface area contributed by atoms with Crippen LogP contribution >= 0.6 is 0 Å². The fourth-order valence-electron chi connectivity index (χ4n) is 2.61. The highest BCUT2D eigenvalue weighted by Gasteiger charge is 2.25. The van der Waals surface area contributed by atoms with Crippen molar-refractivity contribution < 1.29 is 4.74 Å². The molecule has 0 aromatic heterocycles. The van der Waals surface area contributed by atoms with Crippen LogP contribution in [0, 0.1) is 5.92 Å². The monoisotopic (exact) mass is 228 g/mol. The topological polar surface area (TPSA) is 38.5 Å². The van der Waals surface area contributed by atoms with Crippen LogP contribution in [-0.4, -0.2) is 44.3 Å². The number of likely N-dealkylation sites (N-methyl/N-ethyl adjacent to an activating group) is 1. The maximum Gasteiger partial charge on any atom is 0.0469 e. The number of unbranched alkanes of at least 4 members (excludes halogenated alkanes) is 2. The van der Waals surface area contributed by atoms with E-state index in [2.05, 4.69) is 18.9 Å². The number of rotatable bonds is 7. The van der Waals surface area contributed by atoms with Gasteiger partial charge in [0, 0.05) is 25.8 Å². The predicted molar refractivity (Wildman–Crippen MR) is 68.5 cm³/mol. The molecule has 16 heavy (non-hydrogen) atoms. The highest BCUT2D eigenvalue weighted by molar-refractivity contribution is 4.80. The second kappa shape index (κ2) is 8.04. The van der Waals surface area contributed by atoms with E-state index in [4.69, 9.17) is 10.5 Å². The molecule has 1 aliphatic heterocycles. The van der Waals surface area contributed by atoms with Gasteiger partial charge in [-0.25, -0.2) is 0 Å². The summed E-state index contributed by atoms with van der Waals surface area (Å²) in [6, 6.07) is 0.556. The average Bonchev–Trinajstić information content (AvgIpc) is 2.32. The first-order valence-corrected chi connectivity index (χ1v) is 6.77. The number of nitrogens with two attached hydrogens (primary N) is 1. The minimum Gasteiger partial charge on any atom is -0.381 e. The lowest BCUT2D eigenvalue weighted by Gasteiger charge is -2.36. The van der Waals surface area contributed by atoms with Crippen LogP contribution in [0.25, 0.3) is 0 Å². The Labute approximate surface area is 100 Å². The molecule has 1 saturated heterocycles. The zero-order valence-electron chi connectivity index (χ0n) is 11.0. The third-order valence-corrected chi connectivity index (χ3v) is 3.73. The lowest BCUT2D eigenvalue weighted by Crippen LogP contribution is -2.45. The van der Waals surface area contributed by atoms with Gasteiger partial charge in [0.05, 0.1) is 0 Å². The summed E-state index contributed by atoms with van der Waals surface area (Å²) >= 11 is 0. The number of hydrogen-bond acceptors (Lipinski definition) is 3. The summed E-state index contributed by atoms with van der Waals surface area (Å²) in [6.07, 6.45) is 6.28. The molecule has 0 spiro atoms. The Kier molecular flexibility index (Phi) is 7.01. The first-order valence-electron chi connectivity index (χ1n) is 6.77. The fraction of sp³-hybridized carbons (Fsp3) is 1.00. The van der Waals surface area contributed by atoms with Crippen molar-refractivity contribution in [3.8, 4) is 0 Å². The van der Waals surface area contributed by atoms with Gasteiger partial charge in [-0.2, -0.15) is 0 Å². The third-order valence-electron chi connectivity index (χ3n) is 3.73. The number of hydrogen-bond donors (Lipinski definition) is 1. The van der Waals surface area contributed by atoms with Gasteiger partial charge in [0.15, 0.2) is 0 Å². The van der Waals surface area contributed by atoms with E-state index in [0.717, 1.165) is 25.7 Å². The smallest absolute Gasteiger partial charge is 0.0469 e. The summed E-state index contributed by atoms with van der Waals surface area (Å²) in [6.45, 7) is 6.06. The molecule has 1 atom stereocenters. The van der Waals surface area contributed by atoms with Crippen molar-refractivity contribution in [3.05, 3.63) is 0 Å². The molecule has 0 bridgehead atoms. The number of ether oxygens (including phenoxy) is 1. The number of nitrogens with zero attached hydrogens (tertiary/aromatic N) is 1. The molecule has 1 aliphatic rings. The van der Waals surface area contributed by atoms with E-state index < -0.39 is 0 Å². The van der Waals surface area contributed by atoms with E-state index in [-0.39, 0.29) is 0 Å². The van der Waals surface area contributed by atoms with Crippen molar-refractivity contribution in [2.75, 3.05) is 33.4 Å². The van der Waals surface area contributed by atoms with Crippen molar-refractivity contribution in [1.29, 1.82) is 0 Å². The molecule has 3 nitrogen and oxygen atoms in total. The van der Waals surface area contributed by atoms with Gasteiger partial charge < -0.3 is 15.4 Å². The van der Waals surface area contributed by atoms with Crippen molar-refractivity contribution in [2.45, 2.75) is 45.1 Å². The van der Waals surface area contributed by atoms with E-state index >= 15 is 0 Å². The minimum atomic E-state index is 0.556.